The van der Waals surface area contributed by atoms with Crippen LogP contribution >= 0.6 is 11.6 Å². The maximum atomic E-state index is 12.8. The van der Waals surface area contributed by atoms with Crippen LogP contribution in [0.5, 0.6) is 0 Å². The second-order valence-corrected chi connectivity index (χ2v) is 3.80. The second-order valence-electron chi connectivity index (χ2n) is 3.39. The van der Waals surface area contributed by atoms with Gasteiger partial charge in [0.1, 0.15) is 5.82 Å². The molecule has 0 aromatic heterocycles. The summed E-state index contributed by atoms with van der Waals surface area (Å²) in [5.74, 6) is -0.300. The Bertz CT molecular complexity index is 317. The van der Waals surface area contributed by atoms with Gasteiger partial charge in [-0.1, -0.05) is 24.6 Å². The maximum absolute atomic E-state index is 12.8. The predicted octanol–water partition coefficient (Wildman–Crippen LogP) is 2.26. The first kappa shape index (κ1) is 12.4. The topological polar surface area (TPSA) is 29.3 Å². The molecule has 1 aromatic carbocycles. The Labute approximate surface area is 94.8 Å². The molecule has 0 saturated heterocycles. The Morgan fingerprint density at radius 1 is 1.47 bits per heavy atom. The summed E-state index contributed by atoms with van der Waals surface area (Å²) in [6.45, 7) is 5.13. The molecule has 1 rings (SSSR count). The predicted molar refractivity (Wildman–Crippen MR) is 61.4 cm³/mol. The minimum atomic E-state index is -0.300. The first-order valence-electron chi connectivity index (χ1n) is 5.03. The van der Waals surface area contributed by atoms with Crippen LogP contribution in [0.4, 0.5) is 4.39 Å². The van der Waals surface area contributed by atoms with Crippen molar-refractivity contribution in [1.82, 2.24) is 4.90 Å². The monoisotopic (exact) mass is 230 g/mol. The Morgan fingerprint density at radius 3 is 2.73 bits per heavy atom. The van der Waals surface area contributed by atoms with Crippen LogP contribution in [-0.4, -0.2) is 24.5 Å². The third kappa shape index (κ3) is 3.78. The quantitative estimate of drug-likeness (QED) is 0.841. The minimum absolute atomic E-state index is 0.300. The average molecular weight is 231 g/mol. The van der Waals surface area contributed by atoms with E-state index in [9.17, 15) is 4.39 Å². The van der Waals surface area contributed by atoms with Crippen molar-refractivity contribution in [2.45, 2.75) is 13.5 Å². The van der Waals surface area contributed by atoms with E-state index in [0.29, 0.717) is 18.1 Å². The summed E-state index contributed by atoms with van der Waals surface area (Å²) in [7, 11) is 0. The number of benzene rings is 1. The molecule has 0 heterocycles. The summed E-state index contributed by atoms with van der Waals surface area (Å²) in [6, 6.07) is 4.49. The molecule has 0 aliphatic carbocycles. The highest BCUT2D eigenvalue weighted by Gasteiger charge is 2.06. The van der Waals surface area contributed by atoms with Gasteiger partial charge < -0.3 is 5.73 Å². The normalized spacial score (nSPS) is 11.0. The maximum Gasteiger partial charge on any atom is 0.124 e. The van der Waals surface area contributed by atoms with Crippen LogP contribution in [0.1, 0.15) is 12.5 Å². The van der Waals surface area contributed by atoms with Crippen LogP contribution in [0.15, 0.2) is 18.2 Å². The second kappa shape index (κ2) is 6.05. The van der Waals surface area contributed by atoms with Crippen LogP contribution in [0.3, 0.4) is 0 Å². The van der Waals surface area contributed by atoms with E-state index in [-0.39, 0.29) is 5.82 Å². The van der Waals surface area contributed by atoms with Gasteiger partial charge in [0.15, 0.2) is 0 Å². The van der Waals surface area contributed by atoms with E-state index in [4.69, 9.17) is 17.3 Å². The van der Waals surface area contributed by atoms with E-state index in [1.54, 1.807) is 6.07 Å². The Morgan fingerprint density at radius 2 is 2.20 bits per heavy atom. The molecule has 0 saturated carbocycles. The molecule has 15 heavy (non-hydrogen) atoms. The summed E-state index contributed by atoms with van der Waals surface area (Å²) in [5, 5.41) is 0.477. The number of likely N-dealkylation sites (N-methyl/N-ethyl adjacent to an activating group) is 1. The molecule has 2 N–H and O–H groups in total. The summed E-state index contributed by atoms with van der Waals surface area (Å²) < 4.78 is 12.8. The van der Waals surface area contributed by atoms with Crippen molar-refractivity contribution in [1.29, 1.82) is 0 Å². The molecule has 1 aromatic rings. The molecule has 4 heteroatoms. The number of rotatable bonds is 5. The number of nitrogens with two attached hydrogens (primary N) is 1. The van der Waals surface area contributed by atoms with E-state index in [1.165, 1.54) is 12.1 Å². The fraction of sp³-hybridized carbons (Fsp3) is 0.455. The van der Waals surface area contributed by atoms with Gasteiger partial charge in [-0.25, -0.2) is 4.39 Å². The average Bonchev–Trinajstić information content (AvgIpc) is 2.21. The number of nitrogens with zero attached hydrogens (tertiary/aromatic N) is 1. The minimum Gasteiger partial charge on any atom is -0.329 e. The van der Waals surface area contributed by atoms with Gasteiger partial charge in [-0.05, 0) is 24.2 Å². The van der Waals surface area contributed by atoms with Crippen molar-refractivity contribution in [2.75, 3.05) is 19.6 Å². The number of halogens is 2. The summed E-state index contributed by atoms with van der Waals surface area (Å²) in [4.78, 5) is 2.17. The molecule has 0 atom stereocenters. The molecule has 0 spiro atoms. The Balaban J connectivity index is 2.70. The van der Waals surface area contributed by atoms with Crippen LogP contribution < -0.4 is 5.73 Å². The number of hydrogen-bond acceptors (Lipinski definition) is 2. The van der Waals surface area contributed by atoms with Gasteiger partial charge in [0.05, 0.1) is 0 Å². The summed E-state index contributed by atoms with van der Waals surface area (Å²) in [6.07, 6.45) is 0. The molecule has 84 valence electrons. The van der Waals surface area contributed by atoms with E-state index < -0.39 is 0 Å². The highest BCUT2D eigenvalue weighted by atomic mass is 35.5. The van der Waals surface area contributed by atoms with Crippen molar-refractivity contribution >= 4 is 11.6 Å². The van der Waals surface area contributed by atoms with Gasteiger partial charge in [-0.15, -0.1) is 0 Å². The lowest BCUT2D eigenvalue weighted by Crippen LogP contribution is -2.28. The molecule has 0 amide bonds. The Kier molecular flexibility index (Phi) is 5.02. The zero-order chi connectivity index (χ0) is 11.3. The fourth-order valence-electron chi connectivity index (χ4n) is 1.42. The van der Waals surface area contributed by atoms with Crippen molar-refractivity contribution in [3.05, 3.63) is 34.6 Å². The van der Waals surface area contributed by atoms with Gasteiger partial charge in [0.2, 0.25) is 0 Å². The lowest BCUT2D eigenvalue weighted by atomic mass is 10.2. The molecule has 0 bridgehead atoms. The molecular weight excluding hydrogens is 215 g/mol. The molecule has 2 nitrogen and oxygen atoms in total. The Hall–Kier alpha value is -0.640. The first-order valence-corrected chi connectivity index (χ1v) is 5.41. The standard InChI is InChI=1S/C11H16ClFN2/c1-2-15(6-5-14)8-9-3-4-10(13)7-11(9)12/h3-4,7H,2,5-6,8,14H2,1H3. The van der Waals surface area contributed by atoms with Crippen molar-refractivity contribution in [3.63, 3.8) is 0 Å². The van der Waals surface area contributed by atoms with Gasteiger partial charge in [0, 0.05) is 24.7 Å². The smallest absolute Gasteiger partial charge is 0.124 e. The third-order valence-corrected chi connectivity index (χ3v) is 2.65. The SMILES string of the molecule is CCN(CCN)Cc1ccc(F)cc1Cl. The molecule has 0 aliphatic rings. The van der Waals surface area contributed by atoms with Gasteiger partial charge in [-0.3, -0.25) is 4.90 Å². The highest BCUT2D eigenvalue weighted by molar-refractivity contribution is 6.31. The van der Waals surface area contributed by atoms with Gasteiger partial charge >= 0.3 is 0 Å². The van der Waals surface area contributed by atoms with Crippen molar-refractivity contribution in [2.24, 2.45) is 5.73 Å². The van der Waals surface area contributed by atoms with Crippen LogP contribution in [0.2, 0.25) is 5.02 Å². The van der Waals surface area contributed by atoms with E-state index >= 15 is 0 Å². The molecule has 0 unspecified atom stereocenters. The van der Waals surface area contributed by atoms with Crippen LogP contribution in [0, 0.1) is 5.82 Å². The summed E-state index contributed by atoms with van der Waals surface area (Å²) >= 11 is 5.93. The van der Waals surface area contributed by atoms with Crippen LogP contribution in [-0.2, 0) is 6.54 Å². The fourth-order valence-corrected chi connectivity index (χ4v) is 1.65. The molecule has 0 radical (unpaired) electrons. The zero-order valence-corrected chi connectivity index (χ0v) is 9.60. The van der Waals surface area contributed by atoms with E-state index in [2.05, 4.69) is 11.8 Å². The van der Waals surface area contributed by atoms with Crippen molar-refractivity contribution < 1.29 is 4.39 Å². The van der Waals surface area contributed by atoms with Gasteiger partial charge in [-0.2, -0.15) is 0 Å². The lowest BCUT2D eigenvalue weighted by Gasteiger charge is -2.19. The first-order chi connectivity index (χ1) is 7.17. The highest BCUT2D eigenvalue weighted by Crippen LogP contribution is 2.18. The van der Waals surface area contributed by atoms with Crippen LogP contribution in [0.25, 0.3) is 0 Å². The third-order valence-electron chi connectivity index (χ3n) is 2.30. The van der Waals surface area contributed by atoms with Gasteiger partial charge in [0.25, 0.3) is 0 Å². The molecule has 0 aliphatic heterocycles. The van der Waals surface area contributed by atoms with E-state index in [1.807, 2.05) is 0 Å². The van der Waals surface area contributed by atoms with E-state index in [0.717, 1.165) is 18.7 Å². The number of hydrogen-bond donors (Lipinski definition) is 1. The summed E-state index contributed by atoms with van der Waals surface area (Å²) in [5.41, 5.74) is 6.42. The molecule has 0 fully saturated rings. The molecular formula is C11H16ClFN2. The zero-order valence-electron chi connectivity index (χ0n) is 8.84. The van der Waals surface area contributed by atoms with Crippen molar-refractivity contribution in [3.8, 4) is 0 Å². The lowest BCUT2D eigenvalue weighted by molar-refractivity contribution is 0.288. The largest absolute Gasteiger partial charge is 0.329 e.